The van der Waals surface area contributed by atoms with Crippen LogP contribution < -0.4 is 0 Å². The standard InChI is InChI=1S/C23H28N2O3S.C3H8.C2H6/c1-5-18-8-16(9-20(26)19(11-24-18)23(27)28)14(4)22(17-10-25-29-12-17)21(13(2)3)15-6-7-15;1-3-2;1-2/h9-12,15,18,26H,5-8H2,1-4H3,(H,27,28);3H2,1-2H3;1-2H3/b16-9+,20-19-,22-14+,24-11?;;. The Kier molecular flexibility index (Phi) is 12.8. The molecule has 2 heterocycles. The molecule has 1 aliphatic carbocycles. The zero-order valence-electron chi connectivity index (χ0n) is 22.1. The van der Waals surface area contributed by atoms with E-state index in [9.17, 15) is 15.0 Å². The average Bonchev–Trinajstić information content (AvgIpc) is 3.48. The molecule has 0 spiro atoms. The van der Waals surface area contributed by atoms with Gasteiger partial charge in [0, 0.05) is 23.4 Å². The number of aliphatic hydroxyl groups is 1. The number of carboxylic acid groups (broad SMARTS) is 1. The van der Waals surface area contributed by atoms with Gasteiger partial charge >= 0.3 is 5.97 Å². The minimum atomic E-state index is -1.18. The molecule has 1 unspecified atom stereocenters. The Morgan fingerprint density at radius 2 is 1.76 bits per heavy atom. The summed E-state index contributed by atoms with van der Waals surface area (Å²) in [7, 11) is 0. The maximum atomic E-state index is 11.6. The van der Waals surface area contributed by atoms with Crippen molar-refractivity contribution in [3.63, 3.8) is 0 Å². The summed E-state index contributed by atoms with van der Waals surface area (Å²) in [5.41, 5.74) is 6.69. The van der Waals surface area contributed by atoms with E-state index in [2.05, 4.69) is 49.4 Å². The van der Waals surface area contributed by atoms with Crippen molar-refractivity contribution in [2.75, 3.05) is 0 Å². The topological polar surface area (TPSA) is 82.8 Å². The number of aliphatic imine (C=N–C) groups is 1. The van der Waals surface area contributed by atoms with Crippen LogP contribution in [-0.4, -0.2) is 32.8 Å². The molecule has 1 atom stereocenters. The SMILES string of the molecule is CC.CCC.CCC1CC(/C(C)=C(/C(=C(C)C)C2CC2)c2cnsc2)=C\C(O)=C(\C(=O)O)C=N1. The second-order valence-corrected chi connectivity index (χ2v) is 9.28. The molecule has 0 radical (unpaired) electrons. The summed E-state index contributed by atoms with van der Waals surface area (Å²) in [6, 6.07) is -0.0309. The smallest absolute Gasteiger partial charge is 0.341 e. The van der Waals surface area contributed by atoms with E-state index >= 15 is 0 Å². The van der Waals surface area contributed by atoms with Gasteiger partial charge in [-0.2, -0.15) is 0 Å². The van der Waals surface area contributed by atoms with E-state index in [0.717, 1.165) is 28.7 Å². The molecule has 1 fully saturated rings. The summed E-state index contributed by atoms with van der Waals surface area (Å²) < 4.78 is 4.31. The lowest BCUT2D eigenvalue weighted by Crippen LogP contribution is -2.13. The first-order valence-electron chi connectivity index (χ1n) is 12.4. The van der Waals surface area contributed by atoms with Crippen LogP contribution >= 0.6 is 11.5 Å². The molecule has 188 valence electrons. The maximum Gasteiger partial charge on any atom is 0.341 e. The number of nitrogens with zero attached hydrogens (tertiary/aromatic N) is 2. The number of allylic oxidation sites excluding steroid dienone is 5. The highest BCUT2D eigenvalue weighted by Crippen LogP contribution is 2.47. The van der Waals surface area contributed by atoms with Crippen LogP contribution in [0.1, 0.15) is 93.1 Å². The third-order valence-electron chi connectivity index (χ3n) is 5.53. The summed E-state index contributed by atoms with van der Waals surface area (Å²) in [6.45, 7) is 16.6. The monoisotopic (exact) mass is 486 g/mol. The molecule has 0 saturated heterocycles. The summed E-state index contributed by atoms with van der Waals surface area (Å²) in [4.78, 5) is 16.0. The fourth-order valence-electron chi connectivity index (χ4n) is 3.83. The summed E-state index contributed by atoms with van der Waals surface area (Å²) in [5, 5.41) is 22.0. The van der Waals surface area contributed by atoms with Crippen LogP contribution in [-0.2, 0) is 4.79 Å². The lowest BCUT2D eigenvalue weighted by atomic mass is 9.84. The highest BCUT2D eigenvalue weighted by atomic mass is 32.1. The van der Waals surface area contributed by atoms with Gasteiger partial charge in [-0.25, -0.2) is 9.17 Å². The molecule has 0 aromatic carbocycles. The number of carboxylic acids is 1. The summed E-state index contributed by atoms with van der Waals surface area (Å²) >= 11 is 1.42. The Balaban J connectivity index is 0.00000107. The molecule has 5 nitrogen and oxygen atoms in total. The third-order valence-corrected chi connectivity index (χ3v) is 6.12. The van der Waals surface area contributed by atoms with Crippen molar-refractivity contribution in [1.29, 1.82) is 0 Å². The minimum Gasteiger partial charge on any atom is -0.507 e. The largest absolute Gasteiger partial charge is 0.507 e. The van der Waals surface area contributed by atoms with Gasteiger partial charge in [0.2, 0.25) is 0 Å². The van der Waals surface area contributed by atoms with E-state index in [-0.39, 0.29) is 17.4 Å². The van der Waals surface area contributed by atoms with Crippen LogP contribution in [0.4, 0.5) is 0 Å². The number of aliphatic hydroxyl groups excluding tert-OH is 1. The zero-order chi connectivity index (χ0) is 25.8. The van der Waals surface area contributed by atoms with E-state index in [0.29, 0.717) is 12.3 Å². The molecule has 1 aromatic heterocycles. The van der Waals surface area contributed by atoms with E-state index in [1.54, 1.807) is 6.08 Å². The molecule has 2 N–H and O–H groups in total. The molecule has 0 bridgehead atoms. The van der Waals surface area contributed by atoms with Gasteiger partial charge in [0.25, 0.3) is 0 Å². The lowest BCUT2D eigenvalue weighted by Gasteiger charge is -2.22. The molecule has 2 aliphatic rings. The number of carbonyl (C=O) groups is 1. The van der Waals surface area contributed by atoms with Crippen molar-refractivity contribution < 1.29 is 15.0 Å². The summed E-state index contributed by atoms with van der Waals surface area (Å²) in [6.07, 6.45) is 9.86. The first kappa shape index (κ1) is 29.6. The van der Waals surface area contributed by atoms with Crippen molar-refractivity contribution in [3.8, 4) is 0 Å². The van der Waals surface area contributed by atoms with E-state index in [4.69, 9.17) is 0 Å². The number of aliphatic carboxylic acids is 1. The molecular formula is C28H42N2O3S. The number of rotatable bonds is 6. The number of hydrogen-bond donors (Lipinski definition) is 2. The molecule has 0 amide bonds. The van der Waals surface area contributed by atoms with E-state index in [1.165, 1.54) is 48.2 Å². The van der Waals surface area contributed by atoms with Crippen LogP contribution in [0.25, 0.3) is 5.57 Å². The van der Waals surface area contributed by atoms with Gasteiger partial charge in [-0.05, 0) is 92.3 Å². The Morgan fingerprint density at radius 1 is 1.15 bits per heavy atom. The Hall–Kier alpha value is -2.47. The molecule has 6 heteroatoms. The molecule has 1 aromatic rings. The normalized spacial score (nSPS) is 21.9. The molecule has 1 saturated carbocycles. The Morgan fingerprint density at radius 3 is 2.21 bits per heavy atom. The quantitative estimate of drug-likeness (QED) is 0.397. The molecule has 1 aliphatic heterocycles. The van der Waals surface area contributed by atoms with Crippen molar-refractivity contribution >= 4 is 29.3 Å². The van der Waals surface area contributed by atoms with Crippen LogP contribution in [0.5, 0.6) is 0 Å². The average molecular weight is 487 g/mol. The fourth-order valence-corrected chi connectivity index (χ4v) is 4.36. The van der Waals surface area contributed by atoms with Crippen LogP contribution in [0.15, 0.2) is 56.3 Å². The van der Waals surface area contributed by atoms with Gasteiger partial charge in [0.15, 0.2) is 0 Å². The Labute approximate surface area is 209 Å². The van der Waals surface area contributed by atoms with Crippen LogP contribution in [0.2, 0.25) is 0 Å². The first-order valence-corrected chi connectivity index (χ1v) is 13.3. The minimum absolute atomic E-state index is 0.0309. The second-order valence-electron chi connectivity index (χ2n) is 8.63. The van der Waals surface area contributed by atoms with Gasteiger partial charge < -0.3 is 10.2 Å². The Bertz CT molecular complexity index is 958. The summed E-state index contributed by atoms with van der Waals surface area (Å²) in [5.74, 6) is -0.874. The highest BCUT2D eigenvalue weighted by molar-refractivity contribution is 7.03. The highest BCUT2D eigenvalue weighted by Gasteiger charge is 2.31. The van der Waals surface area contributed by atoms with Gasteiger partial charge in [-0.3, -0.25) is 4.99 Å². The van der Waals surface area contributed by atoms with Crippen molar-refractivity contribution in [1.82, 2.24) is 4.37 Å². The van der Waals surface area contributed by atoms with Gasteiger partial charge in [-0.15, -0.1) is 0 Å². The fraction of sp³-hybridized carbons (Fsp3) is 0.536. The zero-order valence-corrected chi connectivity index (χ0v) is 22.9. The predicted octanol–water partition coefficient (Wildman–Crippen LogP) is 8.18. The lowest BCUT2D eigenvalue weighted by molar-refractivity contribution is -0.132. The first-order chi connectivity index (χ1) is 16.2. The van der Waals surface area contributed by atoms with Crippen molar-refractivity contribution in [3.05, 3.63) is 56.8 Å². The van der Waals surface area contributed by atoms with Crippen molar-refractivity contribution in [2.45, 2.75) is 93.5 Å². The maximum absolute atomic E-state index is 11.6. The van der Waals surface area contributed by atoms with Gasteiger partial charge in [0.05, 0.1) is 6.04 Å². The molecular weight excluding hydrogens is 444 g/mol. The number of hydrogen-bond acceptors (Lipinski definition) is 5. The second kappa shape index (κ2) is 14.7. The van der Waals surface area contributed by atoms with E-state index in [1.807, 2.05) is 27.0 Å². The predicted molar refractivity (Wildman–Crippen MR) is 146 cm³/mol. The molecule has 34 heavy (non-hydrogen) atoms. The van der Waals surface area contributed by atoms with Crippen LogP contribution in [0, 0.1) is 5.92 Å². The third kappa shape index (κ3) is 8.08. The van der Waals surface area contributed by atoms with Crippen molar-refractivity contribution in [2.24, 2.45) is 10.9 Å². The molecule has 3 rings (SSSR count). The van der Waals surface area contributed by atoms with Gasteiger partial charge in [-0.1, -0.05) is 46.6 Å². The number of aromatic nitrogens is 1. The van der Waals surface area contributed by atoms with E-state index < -0.39 is 5.97 Å². The van der Waals surface area contributed by atoms with Gasteiger partial charge in [0.1, 0.15) is 11.3 Å². The van der Waals surface area contributed by atoms with Crippen LogP contribution in [0.3, 0.4) is 0 Å².